The lowest BCUT2D eigenvalue weighted by atomic mass is 10.3. The lowest BCUT2D eigenvalue weighted by Crippen LogP contribution is -2.09. The Morgan fingerprint density at radius 3 is 3.12 bits per heavy atom. The van der Waals surface area contributed by atoms with Crippen LogP contribution < -0.4 is 0 Å². The molecule has 2 aromatic heterocycles. The molecular weight excluding hydrogens is 224 g/mol. The highest BCUT2D eigenvalue weighted by molar-refractivity contribution is 5.81. The molecule has 2 heterocycles. The molecule has 2 aromatic rings. The van der Waals surface area contributed by atoms with Gasteiger partial charge < -0.3 is 9.26 Å². The standard InChI is InChI=1S/C10H10N4O3/c1-16-5-7(15)4-9-13-10(14-17-9)8-2-3-11-6-12-8/h2-3,6H,4-5H2,1H3. The van der Waals surface area contributed by atoms with Gasteiger partial charge in [0, 0.05) is 13.3 Å². The van der Waals surface area contributed by atoms with Crippen LogP contribution in [0.1, 0.15) is 5.89 Å². The van der Waals surface area contributed by atoms with Crippen molar-refractivity contribution in [2.45, 2.75) is 6.42 Å². The van der Waals surface area contributed by atoms with E-state index in [4.69, 9.17) is 9.26 Å². The third kappa shape index (κ3) is 2.91. The molecule has 7 heteroatoms. The van der Waals surface area contributed by atoms with E-state index in [-0.39, 0.29) is 24.7 Å². The SMILES string of the molecule is COCC(=O)Cc1nc(-c2ccncn2)no1. The molecular formula is C10H10N4O3. The molecule has 0 saturated heterocycles. The Kier molecular flexibility index (Phi) is 3.51. The number of methoxy groups -OCH3 is 1. The molecule has 0 unspecified atom stereocenters. The molecule has 0 aliphatic carbocycles. The van der Waals surface area contributed by atoms with Crippen LogP contribution in [0.4, 0.5) is 0 Å². The minimum atomic E-state index is -0.120. The topological polar surface area (TPSA) is 91.0 Å². The van der Waals surface area contributed by atoms with Gasteiger partial charge in [0.1, 0.15) is 18.6 Å². The van der Waals surface area contributed by atoms with Crippen molar-refractivity contribution in [2.75, 3.05) is 13.7 Å². The first-order chi connectivity index (χ1) is 8.29. The molecule has 7 nitrogen and oxygen atoms in total. The van der Waals surface area contributed by atoms with Crippen LogP contribution in [-0.4, -0.2) is 39.6 Å². The van der Waals surface area contributed by atoms with Gasteiger partial charge in [0.15, 0.2) is 5.78 Å². The minimum absolute atomic E-state index is 0.0330. The Balaban J connectivity index is 2.09. The Bertz CT molecular complexity index is 497. The lowest BCUT2D eigenvalue weighted by Gasteiger charge is -1.93. The van der Waals surface area contributed by atoms with E-state index >= 15 is 0 Å². The fourth-order valence-corrected chi connectivity index (χ4v) is 1.23. The summed E-state index contributed by atoms with van der Waals surface area (Å²) in [6, 6.07) is 1.66. The first-order valence-corrected chi connectivity index (χ1v) is 4.89. The monoisotopic (exact) mass is 234 g/mol. The summed E-state index contributed by atoms with van der Waals surface area (Å²) in [5, 5.41) is 3.73. The van der Waals surface area contributed by atoms with Crippen LogP contribution in [0.15, 0.2) is 23.1 Å². The molecule has 0 amide bonds. The average Bonchev–Trinajstić information content (AvgIpc) is 2.79. The minimum Gasteiger partial charge on any atom is -0.377 e. The fraction of sp³-hybridized carbons (Fsp3) is 0.300. The van der Waals surface area contributed by atoms with Crippen molar-refractivity contribution in [3.05, 3.63) is 24.5 Å². The van der Waals surface area contributed by atoms with E-state index in [1.54, 1.807) is 12.3 Å². The average molecular weight is 234 g/mol. The van der Waals surface area contributed by atoms with Gasteiger partial charge in [-0.15, -0.1) is 0 Å². The fourth-order valence-electron chi connectivity index (χ4n) is 1.23. The molecule has 0 aromatic carbocycles. The molecule has 88 valence electrons. The van der Waals surface area contributed by atoms with Gasteiger partial charge in [0.05, 0.1) is 6.42 Å². The summed E-state index contributed by atoms with van der Waals surface area (Å²) in [4.78, 5) is 23.1. The van der Waals surface area contributed by atoms with Gasteiger partial charge in [-0.3, -0.25) is 4.79 Å². The Hall–Kier alpha value is -2.15. The highest BCUT2D eigenvalue weighted by Crippen LogP contribution is 2.11. The maximum atomic E-state index is 11.3. The van der Waals surface area contributed by atoms with Crippen LogP contribution in [0.5, 0.6) is 0 Å². The van der Waals surface area contributed by atoms with Gasteiger partial charge in [0.25, 0.3) is 0 Å². The molecule has 0 fully saturated rings. The van der Waals surface area contributed by atoms with Crippen molar-refractivity contribution < 1.29 is 14.1 Å². The number of ketones is 1. The van der Waals surface area contributed by atoms with Crippen LogP contribution >= 0.6 is 0 Å². The van der Waals surface area contributed by atoms with E-state index in [1.165, 1.54) is 13.4 Å². The number of carbonyl (C=O) groups excluding carboxylic acids is 1. The molecule has 2 rings (SSSR count). The normalized spacial score (nSPS) is 10.4. The molecule has 0 radical (unpaired) electrons. The second-order valence-electron chi connectivity index (χ2n) is 3.25. The maximum absolute atomic E-state index is 11.3. The van der Waals surface area contributed by atoms with Crippen molar-refractivity contribution in [3.63, 3.8) is 0 Å². The third-order valence-electron chi connectivity index (χ3n) is 1.93. The molecule has 0 bridgehead atoms. The van der Waals surface area contributed by atoms with Crippen LogP contribution in [0, 0.1) is 0 Å². The number of ether oxygens (including phenoxy) is 1. The number of Topliss-reactive ketones (excluding diaryl/α,β-unsaturated/α-hetero) is 1. The number of aromatic nitrogens is 4. The smallest absolute Gasteiger partial charge is 0.234 e. The summed E-state index contributed by atoms with van der Waals surface area (Å²) < 4.78 is 9.65. The zero-order valence-electron chi connectivity index (χ0n) is 9.16. The zero-order chi connectivity index (χ0) is 12.1. The first-order valence-electron chi connectivity index (χ1n) is 4.89. The van der Waals surface area contributed by atoms with Gasteiger partial charge in [-0.2, -0.15) is 4.98 Å². The summed E-state index contributed by atoms with van der Waals surface area (Å²) in [5.41, 5.74) is 0.550. The summed E-state index contributed by atoms with van der Waals surface area (Å²) >= 11 is 0. The van der Waals surface area contributed by atoms with E-state index in [0.29, 0.717) is 11.5 Å². The number of rotatable bonds is 5. The van der Waals surface area contributed by atoms with E-state index < -0.39 is 0 Å². The van der Waals surface area contributed by atoms with E-state index in [9.17, 15) is 4.79 Å². The predicted octanol–water partition coefficient (Wildman–Crippen LogP) is 0.285. The van der Waals surface area contributed by atoms with E-state index in [1.807, 2.05) is 0 Å². The summed E-state index contributed by atoms with van der Waals surface area (Å²) in [6.45, 7) is 0.0330. The summed E-state index contributed by atoms with van der Waals surface area (Å²) in [7, 11) is 1.46. The van der Waals surface area contributed by atoms with Crippen LogP contribution in [-0.2, 0) is 16.0 Å². The van der Waals surface area contributed by atoms with Gasteiger partial charge >= 0.3 is 0 Å². The second kappa shape index (κ2) is 5.26. The second-order valence-corrected chi connectivity index (χ2v) is 3.25. The molecule has 0 spiro atoms. The number of hydrogen-bond acceptors (Lipinski definition) is 7. The van der Waals surface area contributed by atoms with Crippen molar-refractivity contribution in [1.29, 1.82) is 0 Å². The van der Waals surface area contributed by atoms with E-state index in [0.717, 1.165) is 0 Å². The molecule has 0 aliphatic rings. The largest absolute Gasteiger partial charge is 0.377 e. The summed E-state index contributed by atoms with van der Waals surface area (Å²) in [5.74, 6) is 0.471. The number of hydrogen-bond donors (Lipinski definition) is 0. The lowest BCUT2D eigenvalue weighted by molar-refractivity contribution is -0.122. The Morgan fingerprint density at radius 2 is 2.41 bits per heavy atom. The summed E-state index contributed by atoms with van der Waals surface area (Å²) in [6.07, 6.45) is 3.03. The third-order valence-corrected chi connectivity index (χ3v) is 1.93. The predicted molar refractivity (Wildman–Crippen MR) is 55.9 cm³/mol. The first kappa shape index (κ1) is 11.3. The number of nitrogens with zero attached hydrogens (tertiary/aromatic N) is 4. The highest BCUT2D eigenvalue weighted by Gasteiger charge is 2.12. The van der Waals surface area contributed by atoms with Crippen molar-refractivity contribution in [2.24, 2.45) is 0 Å². The Morgan fingerprint density at radius 1 is 1.53 bits per heavy atom. The van der Waals surface area contributed by atoms with Crippen molar-refractivity contribution in [3.8, 4) is 11.5 Å². The van der Waals surface area contributed by atoms with Gasteiger partial charge in [-0.1, -0.05) is 5.16 Å². The number of carbonyl (C=O) groups is 1. The highest BCUT2D eigenvalue weighted by atomic mass is 16.5. The zero-order valence-corrected chi connectivity index (χ0v) is 9.16. The van der Waals surface area contributed by atoms with Gasteiger partial charge in [-0.25, -0.2) is 9.97 Å². The van der Waals surface area contributed by atoms with Crippen LogP contribution in [0.3, 0.4) is 0 Å². The molecule has 0 N–H and O–H groups in total. The van der Waals surface area contributed by atoms with E-state index in [2.05, 4.69) is 20.1 Å². The van der Waals surface area contributed by atoms with Crippen molar-refractivity contribution >= 4 is 5.78 Å². The quantitative estimate of drug-likeness (QED) is 0.733. The molecule has 0 saturated carbocycles. The van der Waals surface area contributed by atoms with Crippen molar-refractivity contribution in [1.82, 2.24) is 20.1 Å². The van der Waals surface area contributed by atoms with Crippen LogP contribution in [0.25, 0.3) is 11.5 Å². The maximum Gasteiger partial charge on any atom is 0.234 e. The molecule has 0 aliphatic heterocycles. The van der Waals surface area contributed by atoms with Gasteiger partial charge in [-0.05, 0) is 6.07 Å². The molecule has 17 heavy (non-hydrogen) atoms. The Labute approximate surface area is 96.8 Å². The van der Waals surface area contributed by atoms with Crippen LogP contribution in [0.2, 0.25) is 0 Å². The van der Waals surface area contributed by atoms with Gasteiger partial charge in [0.2, 0.25) is 11.7 Å². The molecule has 0 atom stereocenters.